The second kappa shape index (κ2) is 9.01. The molecule has 27 heavy (non-hydrogen) atoms. The van der Waals surface area contributed by atoms with Gasteiger partial charge in [-0.3, -0.25) is 0 Å². The van der Waals surface area contributed by atoms with Crippen molar-refractivity contribution >= 4 is 17.4 Å². The molecule has 1 aliphatic heterocycles. The molecule has 2 aromatic rings. The van der Waals surface area contributed by atoms with Crippen molar-refractivity contribution in [2.24, 2.45) is 0 Å². The van der Waals surface area contributed by atoms with Crippen molar-refractivity contribution in [1.82, 2.24) is 0 Å². The summed E-state index contributed by atoms with van der Waals surface area (Å²) < 4.78 is 0. The first-order chi connectivity index (χ1) is 11.7. The Morgan fingerprint density at radius 2 is 1.70 bits per heavy atom. The van der Waals surface area contributed by atoms with E-state index < -0.39 is 0 Å². The number of rotatable bonds is 1. The van der Waals surface area contributed by atoms with Crippen LogP contribution in [0.2, 0.25) is 13.1 Å². The monoisotopic (exact) mass is 504 g/mol. The Hall–Kier alpha value is -0.310. The minimum atomic E-state index is -0.377. The number of halogens is 2. The van der Waals surface area contributed by atoms with Gasteiger partial charge in [0.05, 0.1) is 0 Å². The summed E-state index contributed by atoms with van der Waals surface area (Å²) in [5.41, 5.74) is 9.04. The quantitative estimate of drug-likeness (QED) is 0.415. The molecule has 0 amide bonds. The molecule has 2 aromatic carbocycles. The zero-order valence-electron chi connectivity index (χ0n) is 15.3. The van der Waals surface area contributed by atoms with Crippen LogP contribution >= 0.6 is 9.89 Å². The maximum absolute atomic E-state index is 2.55. The van der Waals surface area contributed by atoms with Crippen LogP contribution < -0.4 is 24.8 Å². The summed E-state index contributed by atoms with van der Waals surface area (Å²) >= 11 is 0. The van der Waals surface area contributed by atoms with E-state index in [1.807, 2.05) is 0 Å². The van der Waals surface area contributed by atoms with Crippen molar-refractivity contribution in [2.75, 3.05) is 0 Å². The zero-order valence-corrected chi connectivity index (χ0v) is 21.1. The normalized spacial score (nSPS) is 20.2. The molecule has 2 unspecified atom stereocenters. The molecule has 0 fully saturated rings. The average Bonchev–Trinajstić information content (AvgIpc) is 3.25. The van der Waals surface area contributed by atoms with Gasteiger partial charge in [0, 0.05) is 17.7 Å². The molecule has 0 nitrogen and oxygen atoms in total. The first-order valence-corrected chi connectivity index (χ1v) is 13.1. The van der Waals surface area contributed by atoms with Crippen LogP contribution in [0.3, 0.4) is 0 Å². The third kappa shape index (κ3) is 3.67. The van der Waals surface area contributed by atoms with Gasteiger partial charge in [-0.15, -0.1) is 0 Å². The summed E-state index contributed by atoms with van der Waals surface area (Å²) in [7, 11) is 0.000279. The van der Waals surface area contributed by atoms with Crippen molar-refractivity contribution in [3.05, 3.63) is 93.9 Å². The topological polar surface area (TPSA) is 0 Å². The van der Waals surface area contributed by atoms with Crippen molar-refractivity contribution in [2.45, 2.75) is 24.8 Å². The van der Waals surface area contributed by atoms with E-state index in [0.29, 0.717) is 15.1 Å². The van der Waals surface area contributed by atoms with E-state index in [0.717, 1.165) is 6.42 Å². The number of hydrogen-bond acceptors (Lipinski definition) is 0. The van der Waals surface area contributed by atoms with E-state index in [4.69, 9.17) is 0 Å². The average molecular weight is 507 g/mol. The second-order valence-electron chi connectivity index (χ2n) is 6.89. The molecular weight excluding hydrogens is 487 g/mol. The third-order valence-electron chi connectivity index (χ3n) is 5.26. The van der Waals surface area contributed by atoms with Crippen LogP contribution in [0.25, 0.3) is 11.1 Å². The van der Waals surface area contributed by atoms with Gasteiger partial charge in [-0.2, -0.15) is 9.89 Å². The summed E-state index contributed by atoms with van der Waals surface area (Å²) in [4.78, 5) is 1.62. The molecule has 0 saturated carbocycles. The summed E-state index contributed by atoms with van der Waals surface area (Å²) in [6.45, 7) is 4.96. The SMILES string of the molecule is C[Si](C)=S1C2=CC=CC2=CC1c1cccc2c1Cc1ccccc1-2.[Cl-].[Cl-].[Zr+2]. The van der Waals surface area contributed by atoms with Gasteiger partial charge in [-0.05, 0) is 45.9 Å². The van der Waals surface area contributed by atoms with Gasteiger partial charge in [0.15, 0.2) is 0 Å². The minimum Gasteiger partial charge on any atom is -1.00 e. The van der Waals surface area contributed by atoms with E-state index in [1.165, 1.54) is 22.3 Å². The smallest absolute Gasteiger partial charge is 1.00 e. The number of allylic oxidation sites excluding steroid dienone is 4. The largest absolute Gasteiger partial charge is 2.00 e. The molecule has 2 atom stereocenters. The number of hydrogen-bond donors (Lipinski definition) is 0. The van der Waals surface area contributed by atoms with Crippen LogP contribution in [0.15, 0.2) is 77.2 Å². The first-order valence-electron chi connectivity index (χ1n) is 8.58. The summed E-state index contributed by atoms with van der Waals surface area (Å²) in [6.07, 6.45) is 10.5. The standard InChI is InChI=1S/C22H20SSi.2ClH.Zr/c1-24(2)23-21-12-5-8-16(21)14-22(23)19-11-6-10-18-17-9-4-3-7-15(17)13-20(18)19;;;/h3-12,14,22H,13H2,1-2H3;2*1H;/q;;;+2/p-2. The van der Waals surface area contributed by atoms with Gasteiger partial charge in [0.1, 0.15) is 0 Å². The Morgan fingerprint density at radius 3 is 2.48 bits per heavy atom. The van der Waals surface area contributed by atoms with E-state index in [1.54, 1.807) is 16.0 Å². The number of benzene rings is 2. The van der Waals surface area contributed by atoms with Gasteiger partial charge in [0.2, 0.25) is 0 Å². The molecule has 136 valence electrons. The van der Waals surface area contributed by atoms with Gasteiger partial charge < -0.3 is 24.8 Å². The Labute approximate surface area is 196 Å². The molecule has 3 aliphatic rings. The van der Waals surface area contributed by atoms with Gasteiger partial charge >= 0.3 is 26.2 Å². The summed E-state index contributed by atoms with van der Waals surface area (Å²) in [5, 5.41) is 0.587. The van der Waals surface area contributed by atoms with Crippen molar-refractivity contribution in [1.29, 1.82) is 0 Å². The molecular formula is C22H20Cl2SSiZr. The van der Waals surface area contributed by atoms with Gasteiger partial charge in [-0.1, -0.05) is 73.8 Å². The summed E-state index contributed by atoms with van der Waals surface area (Å²) in [6, 6.07) is 15.9. The Morgan fingerprint density at radius 1 is 0.963 bits per heavy atom. The predicted octanol–water partition coefficient (Wildman–Crippen LogP) is 0.218. The molecule has 0 bridgehead atoms. The number of fused-ring (bicyclic) bond motifs is 4. The molecule has 0 saturated heterocycles. The molecule has 5 heteroatoms. The third-order valence-corrected chi connectivity index (χ3v) is 11.9. The first kappa shape index (κ1) is 23.0. The molecule has 0 aromatic heterocycles. The maximum atomic E-state index is 2.55. The maximum Gasteiger partial charge on any atom is 2.00 e. The van der Waals surface area contributed by atoms with E-state index >= 15 is 0 Å². The molecule has 0 N–H and O–H groups in total. The summed E-state index contributed by atoms with van der Waals surface area (Å²) in [5.74, 6) is 0. The fourth-order valence-corrected chi connectivity index (χ4v) is 10.8. The van der Waals surface area contributed by atoms with Crippen molar-refractivity contribution < 1.29 is 51.0 Å². The molecule has 1 heterocycles. The Bertz CT molecular complexity index is 1020. The molecule has 2 aliphatic carbocycles. The van der Waals surface area contributed by atoms with Crippen LogP contribution in [0.5, 0.6) is 0 Å². The Balaban J connectivity index is 0.000000871. The Kier molecular flexibility index (Phi) is 7.67. The van der Waals surface area contributed by atoms with Crippen LogP contribution in [-0.4, -0.2) is 7.50 Å². The van der Waals surface area contributed by atoms with E-state index in [-0.39, 0.29) is 58.5 Å². The van der Waals surface area contributed by atoms with E-state index in [2.05, 4.69) is 79.9 Å². The fraction of sp³-hybridized carbons (Fsp3) is 0.182. The van der Waals surface area contributed by atoms with E-state index in [9.17, 15) is 0 Å². The van der Waals surface area contributed by atoms with Crippen LogP contribution in [0.1, 0.15) is 21.9 Å². The molecule has 0 spiro atoms. The van der Waals surface area contributed by atoms with Gasteiger partial charge in [-0.25, -0.2) is 0 Å². The zero-order chi connectivity index (χ0) is 16.3. The van der Waals surface area contributed by atoms with Crippen LogP contribution in [0, 0.1) is 0 Å². The van der Waals surface area contributed by atoms with Crippen molar-refractivity contribution in [3.8, 4) is 11.1 Å². The fourth-order valence-electron chi connectivity index (χ4n) is 4.26. The van der Waals surface area contributed by atoms with Gasteiger partial charge in [0.25, 0.3) is 0 Å². The molecule has 0 radical (unpaired) electrons. The predicted molar refractivity (Wildman–Crippen MR) is 108 cm³/mol. The minimum absolute atomic E-state index is 0. The second-order valence-corrected chi connectivity index (χ2v) is 14.1. The van der Waals surface area contributed by atoms with Crippen molar-refractivity contribution in [3.63, 3.8) is 0 Å². The molecule has 5 rings (SSSR count). The van der Waals surface area contributed by atoms with Crippen LogP contribution in [0.4, 0.5) is 0 Å². The van der Waals surface area contributed by atoms with Crippen LogP contribution in [-0.2, 0) is 32.6 Å².